The Hall–Kier alpha value is -1.82. The number of benzene rings is 1. The minimum Gasteiger partial charge on any atom is -0.481 e. The van der Waals surface area contributed by atoms with E-state index >= 15 is 0 Å². The molecule has 2 aromatic rings. The number of carboxylic acids is 1. The quantitative estimate of drug-likeness (QED) is 0.932. The van der Waals surface area contributed by atoms with Crippen molar-refractivity contribution < 1.29 is 9.90 Å². The normalized spacial score (nSPS) is 19.2. The van der Waals surface area contributed by atoms with Crippen molar-refractivity contribution in [3.8, 4) is 0 Å². The van der Waals surface area contributed by atoms with E-state index in [0.717, 1.165) is 34.6 Å². The molecule has 104 valence electrons. The molecule has 6 heteroatoms. The van der Waals surface area contributed by atoms with Crippen LogP contribution in [0.2, 0.25) is 0 Å². The summed E-state index contributed by atoms with van der Waals surface area (Å²) < 4.78 is 0. The van der Waals surface area contributed by atoms with Gasteiger partial charge >= 0.3 is 5.97 Å². The van der Waals surface area contributed by atoms with E-state index in [2.05, 4.69) is 15.1 Å². The maximum Gasteiger partial charge on any atom is 0.305 e. The van der Waals surface area contributed by atoms with Gasteiger partial charge in [-0.3, -0.25) is 4.79 Å². The first-order chi connectivity index (χ1) is 9.75. The van der Waals surface area contributed by atoms with Gasteiger partial charge in [0.1, 0.15) is 0 Å². The molecule has 0 aliphatic carbocycles. The molecule has 0 amide bonds. The Balaban J connectivity index is 2.01. The van der Waals surface area contributed by atoms with E-state index in [4.69, 9.17) is 5.11 Å². The molecule has 1 aliphatic heterocycles. The van der Waals surface area contributed by atoms with Crippen molar-refractivity contribution in [2.45, 2.75) is 12.5 Å². The SMILES string of the molecule is O=C(O)CC1CSCCN1c1nncc2ccccc12. The van der Waals surface area contributed by atoms with E-state index in [-0.39, 0.29) is 12.5 Å². The Kier molecular flexibility index (Phi) is 3.73. The fourth-order valence-corrected chi connectivity index (χ4v) is 3.59. The molecule has 1 atom stereocenters. The Bertz CT molecular complexity index is 629. The van der Waals surface area contributed by atoms with Crippen LogP contribution < -0.4 is 4.90 Å². The second-order valence-electron chi connectivity index (χ2n) is 4.78. The predicted octanol–water partition coefficient (Wildman–Crippen LogP) is 2.03. The zero-order valence-corrected chi connectivity index (χ0v) is 11.7. The highest BCUT2D eigenvalue weighted by Gasteiger charge is 2.27. The largest absolute Gasteiger partial charge is 0.481 e. The molecule has 3 rings (SSSR count). The van der Waals surface area contributed by atoms with Crippen molar-refractivity contribution in [1.82, 2.24) is 10.2 Å². The lowest BCUT2D eigenvalue weighted by atomic mass is 10.1. The molecule has 1 aliphatic rings. The van der Waals surface area contributed by atoms with Crippen LogP contribution in [0.15, 0.2) is 30.5 Å². The van der Waals surface area contributed by atoms with Crippen molar-refractivity contribution >= 4 is 34.3 Å². The van der Waals surface area contributed by atoms with Crippen molar-refractivity contribution in [1.29, 1.82) is 0 Å². The number of hydrogen-bond donors (Lipinski definition) is 1. The maximum atomic E-state index is 11.0. The number of rotatable bonds is 3. The average Bonchev–Trinajstić information content (AvgIpc) is 2.47. The maximum absolute atomic E-state index is 11.0. The molecular weight excluding hydrogens is 274 g/mol. The molecule has 0 radical (unpaired) electrons. The first kappa shape index (κ1) is 13.2. The molecule has 0 bridgehead atoms. The van der Waals surface area contributed by atoms with Gasteiger partial charge in [0.25, 0.3) is 0 Å². The number of nitrogens with zero attached hydrogens (tertiary/aromatic N) is 3. The Morgan fingerprint density at radius 3 is 3.15 bits per heavy atom. The highest BCUT2D eigenvalue weighted by Crippen LogP contribution is 2.29. The highest BCUT2D eigenvalue weighted by atomic mass is 32.2. The van der Waals surface area contributed by atoms with Crippen LogP contribution in [0.25, 0.3) is 10.8 Å². The number of carboxylic acid groups (broad SMARTS) is 1. The smallest absolute Gasteiger partial charge is 0.305 e. The first-order valence-corrected chi connectivity index (χ1v) is 7.68. The second kappa shape index (κ2) is 5.66. The number of fused-ring (bicyclic) bond motifs is 1. The molecule has 1 fully saturated rings. The lowest BCUT2D eigenvalue weighted by molar-refractivity contribution is -0.137. The number of aromatic nitrogens is 2. The van der Waals surface area contributed by atoms with Crippen molar-refractivity contribution in [3.63, 3.8) is 0 Å². The molecule has 1 aromatic heterocycles. The summed E-state index contributed by atoms with van der Waals surface area (Å²) in [6.45, 7) is 0.811. The van der Waals surface area contributed by atoms with Crippen molar-refractivity contribution in [3.05, 3.63) is 30.5 Å². The predicted molar refractivity (Wildman–Crippen MR) is 80.2 cm³/mol. The zero-order chi connectivity index (χ0) is 13.9. The van der Waals surface area contributed by atoms with Crippen molar-refractivity contribution in [2.75, 3.05) is 23.0 Å². The minimum absolute atomic E-state index is 0.0219. The second-order valence-corrected chi connectivity index (χ2v) is 5.93. The van der Waals surface area contributed by atoms with E-state index in [1.165, 1.54) is 0 Å². The lowest BCUT2D eigenvalue weighted by Crippen LogP contribution is -2.44. The summed E-state index contributed by atoms with van der Waals surface area (Å²) in [6.07, 6.45) is 1.88. The number of thioether (sulfide) groups is 1. The van der Waals surface area contributed by atoms with E-state index in [1.807, 2.05) is 24.3 Å². The van der Waals surface area contributed by atoms with Gasteiger partial charge in [-0.05, 0) is 0 Å². The van der Waals surface area contributed by atoms with E-state index < -0.39 is 5.97 Å². The third-order valence-electron chi connectivity index (χ3n) is 3.46. The summed E-state index contributed by atoms with van der Waals surface area (Å²) in [5, 5.41) is 19.5. The summed E-state index contributed by atoms with van der Waals surface area (Å²) in [6, 6.07) is 7.93. The average molecular weight is 289 g/mol. The summed E-state index contributed by atoms with van der Waals surface area (Å²) in [4.78, 5) is 13.1. The Morgan fingerprint density at radius 1 is 1.45 bits per heavy atom. The van der Waals surface area contributed by atoms with Crippen LogP contribution in [0.1, 0.15) is 6.42 Å². The number of hydrogen-bond acceptors (Lipinski definition) is 5. The first-order valence-electron chi connectivity index (χ1n) is 6.52. The molecule has 1 saturated heterocycles. The molecule has 0 saturated carbocycles. The Labute approximate surface area is 121 Å². The van der Waals surface area contributed by atoms with Gasteiger partial charge in [-0.15, -0.1) is 5.10 Å². The summed E-state index contributed by atoms with van der Waals surface area (Å²) in [7, 11) is 0. The van der Waals surface area contributed by atoms with Gasteiger partial charge in [0, 0.05) is 28.8 Å². The fourth-order valence-electron chi connectivity index (χ4n) is 2.53. The van der Waals surface area contributed by atoms with Crippen LogP contribution in [-0.2, 0) is 4.79 Å². The number of aliphatic carboxylic acids is 1. The van der Waals surface area contributed by atoms with E-state index in [9.17, 15) is 4.79 Å². The third kappa shape index (κ3) is 2.56. The highest BCUT2D eigenvalue weighted by molar-refractivity contribution is 7.99. The van der Waals surface area contributed by atoms with Gasteiger partial charge in [0.2, 0.25) is 0 Å². The fraction of sp³-hybridized carbons (Fsp3) is 0.357. The van der Waals surface area contributed by atoms with E-state index in [0.29, 0.717) is 0 Å². The number of carbonyl (C=O) groups is 1. The standard InChI is InChI=1S/C14H15N3O2S/c18-13(19)7-11-9-20-6-5-17(11)14-12-4-2-1-3-10(12)8-15-16-14/h1-4,8,11H,5-7,9H2,(H,18,19). The minimum atomic E-state index is -0.768. The van der Waals surface area contributed by atoms with Crippen LogP contribution in [0.4, 0.5) is 5.82 Å². The molecule has 1 N–H and O–H groups in total. The van der Waals surface area contributed by atoms with Gasteiger partial charge in [0.05, 0.1) is 18.7 Å². The molecule has 20 heavy (non-hydrogen) atoms. The van der Waals surface area contributed by atoms with Gasteiger partial charge in [-0.2, -0.15) is 16.9 Å². The monoisotopic (exact) mass is 289 g/mol. The van der Waals surface area contributed by atoms with Crippen LogP contribution in [-0.4, -0.2) is 45.4 Å². The van der Waals surface area contributed by atoms with E-state index in [1.54, 1.807) is 18.0 Å². The summed E-state index contributed by atoms with van der Waals surface area (Å²) >= 11 is 1.80. The van der Waals surface area contributed by atoms with Crippen LogP contribution >= 0.6 is 11.8 Å². The summed E-state index contributed by atoms with van der Waals surface area (Å²) in [5.74, 6) is 1.84. The molecule has 1 unspecified atom stereocenters. The van der Waals surface area contributed by atoms with Crippen LogP contribution in [0.3, 0.4) is 0 Å². The van der Waals surface area contributed by atoms with Gasteiger partial charge in [-0.1, -0.05) is 24.3 Å². The molecule has 2 heterocycles. The van der Waals surface area contributed by atoms with Gasteiger partial charge < -0.3 is 10.0 Å². The molecule has 5 nitrogen and oxygen atoms in total. The molecule has 1 aromatic carbocycles. The van der Waals surface area contributed by atoms with Crippen LogP contribution in [0, 0.1) is 0 Å². The summed E-state index contributed by atoms with van der Waals surface area (Å²) in [5.41, 5.74) is 0. The molecule has 0 spiro atoms. The topological polar surface area (TPSA) is 66.3 Å². The van der Waals surface area contributed by atoms with Crippen LogP contribution in [0.5, 0.6) is 0 Å². The Morgan fingerprint density at radius 2 is 2.30 bits per heavy atom. The zero-order valence-electron chi connectivity index (χ0n) is 10.9. The van der Waals surface area contributed by atoms with Gasteiger partial charge in [0.15, 0.2) is 5.82 Å². The number of anilines is 1. The van der Waals surface area contributed by atoms with Gasteiger partial charge in [-0.25, -0.2) is 0 Å². The third-order valence-corrected chi connectivity index (χ3v) is 4.55. The lowest BCUT2D eigenvalue weighted by Gasteiger charge is -2.35. The van der Waals surface area contributed by atoms with Crippen molar-refractivity contribution in [2.24, 2.45) is 0 Å². The molecular formula is C14H15N3O2S.